The van der Waals surface area contributed by atoms with E-state index in [1.165, 1.54) is 12.1 Å². The number of fused-ring (bicyclic) bond motifs is 3. The quantitative estimate of drug-likeness (QED) is 0.175. The van der Waals surface area contributed by atoms with Crippen molar-refractivity contribution in [3.63, 3.8) is 0 Å². The Morgan fingerprint density at radius 1 is 0.641 bits per heavy atom. The first-order chi connectivity index (χ1) is 18.5. The number of phenols is 2. The van der Waals surface area contributed by atoms with Gasteiger partial charge in [0.15, 0.2) is 11.5 Å². The fourth-order valence-electron chi connectivity index (χ4n) is 5.90. The first-order valence-corrected chi connectivity index (χ1v) is 12.7. The van der Waals surface area contributed by atoms with Crippen LogP contribution in [0.4, 0.5) is 11.4 Å². The van der Waals surface area contributed by atoms with Gasteiger partial charge in [-0.25, -0.2) is 0 Å². The van der Waals surface area contributed by atoms with Gasteiger partial charge in [0.25, 0.3) is 0 Å². The molecule has 0 aliphatic heterocycles. The fourth-order valence-corrected chi connectivity index (χ4v) is 5.90. The molecule has 0 amide bonds. The van der Waals surface area contributed by atoms with Crippen LogP contribution < -0.4 is 0 Å². The number of phenolic OH excluding ortho intramolecular Hbond substituents is 2. The highest BCUT2D eigenvalue weighted by molar-refractivity contribution is 5.87. The molecule has 2 N–H and O–H groups in total. The van der Waals surface area contributed by atoms with Gasteiger partial charge in [0.05, 0.1) is 15.3 Å². The first-order valence-electron chi connectivity index (χ1n) is 12.7. The first kappa shape index (κ1) is 25.9. The zero-order valence-corrected chi connectivity index (χ0v) is 22.0. The Morgan fingerprint density at radius 3 is 1.33 bits per heavy atom. The standard InChI is InChI=1S/C31H28N2O6/c1-17(2)23-13-19(15-27(29(23)34)32(36)37)31(20-14-24(18(3)4)30(35)28(16-20)33(38)39)25-11-7-5-9-21(25)22-10-6-8-12-26(22)31/h5-18,34-35H,1-4H3. The lowest BCUT2D eigenvalue weighted by molar-refractivity contribution is -0.386. The van der Waals surface area contributed by atoms with Crippen molar-refractivity contribution in [2.75, 3.05) is 0 Å². The lowest BCUT2D eigenvalue weighted by Gasteiger charge is -2.34. The summed E-state index contributed by atoms with van der Waals surface area (Å²) in [6.07, 6.45) is 0. The molecule has 1 aliphatic carbocycles. The number of benzene rings is 4. The summed E-state index contributed by atoms with van der Waals surface area (Å²) in [4.78, 5) is 23.1. The van der Waals surface area contributed by atoms with Crippen LogP contribution in [0, 0.1) is 20.2 Å². The summed E-state index contributed by atoms with van der Waals surface area (Å²) >= 11 is 0. The lowest BCUT2D eigenvalue weighted by Crippen LogP contribution is -2.29. The Bertz CT molecular complexity index is 1530. The van der Waals surface area contributed by atoms with Crippen LogP contribution in [0.15, 0.2) is 72.8 Å². The predicted molar refractivity (Wildman–Crippen MR) is 149 cm³/mol. The van der Waals surface area contributed by atoms with E-state index in [4.69, 9.17) is 0 Å². The van der Waals surface area contributed by atoms with Gasteiger partial charge in [0.1, 0.15) is 0 Å². The number of hydrogen-bond donors (Lipinski definition) is 2. The second kappa shape index (κ2) is 9.23. The van der Waals surface area contributed by atoms with E-state index in [1.807, 2.05) is 76.2 Å². The van der Waals surface area contributed by atoms with E-state index in [0.29, 0.717) is 22.3 Å². The molecule has 1 aliphatic rings. The molecule has 0 bridgehead atoms. The predicted octanol–water partition coefficient (Wildman–Crippen LogP) is 7.52. The second-order valence-electron chi connectivity index (χ2n) is 10.5. The SMILES string of the molecule is CC(C)c1cc(C2(c3cc(C(C)C)c(O)c([N+](=O)[O-])c3)c3ccccc3-c3ccccc32)cc([N+](=O)[O-])c1O. The molecule has 198 valence electrons. The molecule has 0 unspecified atom stereocenters. The minimum atomic E-state index is -1.20. The highest BCUT2D eigenvalue weighted by Gasteiger charge is 2.48. The Balaban J connectivity index is 2.04. The minimum Gasteiger partial charge on any atom is -0.502 e. The molecule has 0 fully saturated rings. The molecule has 0 atom stereocenters. The van der Waals surface area contributed by atoms with E-state index in [2.05, 4.69) is 0 Å². The summed E-state index contributed by atoms with van der Waals surface area (Å²) in [5, 5.41) is 46.0. The molecule has 0 radical (unpaired) electrons. The van der Waals surface area contributed by atoms with Crippen LogP contribution >= 0.6 is 0 Å². The smallest absolute Gasteiger partial charge is 0.311 e. The van der Waals surface area contributed by atoms with Crippen LogP contribution in [-0.4, -0.2) is 20.1 Å². The van der Waals surface area contributed by atoms with Crippen molar-refractivity contribution in [3.05, 3.63) is 126 Å². The normalized spacial score (nSPS) is 13.4. The van der Waals surface area contributed by atoms with E-state index >= 15 is 0 Å². The van der Waals surface area contributed by atoms with Crippen molar-refractivity contribution >= 4 is 11.4 Å². The third kappa shape index (κ3) is 3.74. The molecule has 0 spiro atoms. The van der Waals surface area contributed by atoms with Crippen LogP contribution in [-0.2, 0) is 5.41 Å². The van der Waals surface area contributed by atoms with Crippen molar-refractivity contribution in [3.8, 4) is 22.6 Å². The van der Waals surface area contributed by atoms with E-state index in [9.17, 15) is 30.4 Å². The highest BCUT2D eigenvalue weighted by Crippen LogP contribution is 2.58. The number of rotatable bonds is 6. The maximum atomic E-state index is 12.2. The number of nitro groups is 2. The van der Waals surface area contributed by atoms with Crippen molar-refractivity contribution in [1.29, 1.82) is 0 Å². The summed E-state index contributed by atoms with van der Waals surface area (Å²) in [6, 6.07) is 21.6. The Hall–Kier alpha value is -4.72. The van der Waals surface area contributed by atoms with Crippen molar-refractivity contribution in [1.82, 2.24) is 0 Å². The van der Waals surface area contributed by atoms with Crippen LogP contribution in [0.3, 0.4) is 0 Å². The summed E-state index contributed by atoms with van der Waals surface area (Å²) in [7, 11) is 0. The van der Waals surface area contributed by atoms with Gasteiger partial charge in [-0.3, -0.25) is 20.2 Å². The molecule has 4 aromatic rings. The largest absolute Gasteiger partial charge is 0.502 e. The number of nitro benzene ring substituents is 2. The summed E-state index contributed by atoms with van der Waals surface area (Å²) < 4.78 is 0. The molecule has 4 aromatic carbocycles. The molecule has 0 heterocycles. The van der Waals surface area contributed by atoms with Gasteiger partial charge in [-0.1, -0.05) is 76.2 Å². The van der Waals surface area contributed by atoms with Gasteiger partial charge in [-0.05, 0) is 57.3 Å². The summed E-state index contributed by atoms with van der Waals surface area (Å²) in [6.45, 7) is 7.37. The number of aromatic hydroxyl groups is 2. The van der Waals surface area contributed by atoms with E-state index < -0.39 is 38.1 Å². The Kier molecular flexibility index (Phi) is 6.13. The molecule has 5 rings (SSSR count). The fraction of sp³-hybridized carbons (Fsp3) is 0.226. The molecule has 8 heteroatoms. The van der Waals surface area contributed by atoms with Crippen molar-refractivity contribution < 1.29 is 20.1 Å². The maximum Gasteiger partial charge on any atom is 0.311 e. The van der Waals surface area contributed by atoms with Crippen LogP contribution in [0.25, 0.3) is 11.1 Å². The molecular formula is C31H28N2O6. The third-order valence-electron chi connectivity index (χ3n) is 7.69. The lowest BCUT2D eigenvalue weighted by atomic mass is 9.66. The molecule has 39 heavy (non-hydrogen) atoms. The van der Waals surface area contributed by atoms with Crippen LogP contribution in [0.1, 0.15) is 72.9 Å². The zero-order chi connectivity index (χ0) is 28.2. The summed E-state index contributed by atoms with van der Waals surface area (Å²) in [5.74, 6) is -1.28. The Labute approximate surface area is 225 Å². The van der Waals surface area contributed by atoms with E-state index in [-0.39, 0.29) is 11.8 Å². The second-order valence-corrected chi connectivity index (χ2v) is 10.5. The maximum absolute atomic E-state index is 12.2. The van der Waals surface area contributed by atoms with Gasteiger partial charge in [-0.15, -0.1) is 0 Å². The van der Waals surface area contributed by atoms with Gasteiger partial charge < -0.3 is 10.2 Å². The van der Waals surface area contributed by atoms with Crippen LogP contribution in [0.5, 0.6) is 11.5 Å². The molecule has 0 saturated carbocycles. The average Bonchev–Trinajstić information content (AvgIpc) is 3.19. The third-order valence-corrected chi connectivity index (χ3v) is 7.69. The highest BCUT2D eigenvalue weighted by atomic mass is 16.6. The molecule has 8 nitrogen and oxygen atoms in total. The van der Waals surface area contributed by atoms with Gasteiger partial charge in [-0.2, -0.15) is 0 Å². The van der Waals surface area contributed by atoms with E-state index in [0.717, 1.165) is 22.3 Å². The summed E-state index contributed by atoms with van der Waals surface area (Å²) in [5.41, 5.74) is 3.14. The topological polar surface area (TPSA) is 127 Å². The van der Waals surface area contributed by atoms with Crippen molar-refractivity contribution in [2.24, 2.45) is 0 Å². The number of hydrogen-bond acceptors (Lipinski definition) is 6. The van der Waals surface area contributed by atoms with E-state index in [1.54, 1.807) is 12.1 Å². The van der Waals surface area contributed by atoms with Gasteiger partial charge in [0, 0.05) is 23.3 Å². The Morgan fingerprint density at radius 2 is 1.00 bits per heavy atom. The average molecular weight is 525 g/mol. The molecule has 0 aromatic heterocycles. The van der Waals surface area contributed by atoms with Gasteiger partial charge >= 0.3 is 11.4 Å². The van der Waals surface area contributed by atoms with Crippen LogP contribution in [0.2, 0.25) is 0 Å². The number of nitrogens with zero attached hydrogens (tertiary/aromatic N) is 2. The minimum absolute atomic E-state index is 0.243. The van der Waals surface area contributed by atoms with Crippen molar-refractivity contribution in [2.45, 2.75) is 44.9 Å². The molecule has 0 saturated heterocycles. The molecular weight excluding hydrogens is 496 g/mol. The monoisotopic (exact) mass is 524 g/mol. The zero-order valence-electron chi connectivity index (χ0n) is 22.0. The van der Waals surface area contributed by atoms with Gasteiger partial charge in [0.2, 0.25) is 0 Å².